The highest BCUT2D eigenvalue weighted by molar-refractivity contribution is 6.99. The highest BCUT2D eigenvalue weighted by Gasteiger charge is 2.56. The zero-order valence-corrected chi connectivity index (χ0v) is 31.2. The lowest BCUT2D eigenvalue weighted by Crippen LogP contribution is -2.67. The van der Waals surface area contributed by atoms with Gasteiger partial charge in [-0.05, 0) is 88.6 Å². The molecule has 2 aliphatic heterocycles. The monoisotopic (exact) mass is 656 g/mol. The number of rotatable bonds is 7. The van der Waals surface area contributed by atoms with Crippen molar-refractivity contribution in [3.05, 3.63) is 72.4 Å². The minimum Gasteiger partial charge on any atom is -0.444 e. The van der Waals surface area contributed by atoms with Crippen molar-refractivity contribution in [2.75, 3.05) is 31.1 Å². The van der Waals surface area contributed by atoms with E-state index in [-0.39, 0.29) is 22.1 Å². The topological polar surface area (TPSA) is 59.8 Å². The first-order chi connectivity index (χ1) is 22.0. The van der Waals surface area contributed by atoms with Crippen LogP contribution in [0.1, 0.15) is 92.8 Å². The summed E-state index contributed by atoms with van der Waals surface area (Å²) >= 11 is 0. The third-order valence-electron chi connectivity index (χ3n) is 10.8. The number of nitrogens with zero attached hydrogens (tertiary/aromatic N) is 4. The van der Waals surface area contributed by atoms with Crippen molar-refractivity contribution in [1.29, 1.82) is 0 Å². The van der Waals surface area contributed by atoms with Crippen molar-refractivity contribution in [1.82, 2.24) is 14.7 Å². The van der Waals surface area contributed by atoms with Gasteiger partial charge in [0.15, 0.2) is 5.82 Å². The molecule has 0 N–H and O–H groups in total. The van der Waals surface area contributed by atoms with E-state index in [4.69, 9.17) is 14.3 Å². The van der Waals surface area contributed by atoms with E-state index in [9.17, 15) is 4.79 Å². The van der Waals surface area contributed by atoms with Gasteiger partial charge >= 0.3 is 6.09 Å². The lowest BCUT2D eigenvalue weighted by atomic mass is 9.61. The van der Waals surface area contributed by atoms with Gasteiger partial charge in [0.2, 0.25) is 0 Å². The Balaban J connectivity index is 1.11. The quantitative estimate of drug-likeness (QED) is 0.249. The van der Waals surface area contributed by atoms with Gasteiger partial charge in [0, 0.05) is 49.0 Å². The molecule has 47 heavy (non-hydrogen) atoms. The molecule has 1 atom stereocenters. The Kier molecular flexibility index (Phi) is 8.70. The van der Waals surface area contributed by atoms with Crippen LogP contribution in [0.25, 0.3) is 0 Å². The number of ether oxygens (including phenoxy) is 1. The van der Waals surface area contributed by atoms with Gasteiger partial charge in [-0.1, -0.05) is 81.4 Å². The van der Waals surface area contributed by atoms with E-state index >= 15 is 0 Å². The first-order valence-corrected chi connectivity index (χ1v) is 19.5. The van der Waals surface area contributed by atoms with Gasteiger partial charge < -0.3 is 19.0 Å². The zero-order valence-electron chi connectivity index (χ0n) is 30.2. The van der Waals surface area contributed by atoms with Gasteiger partial charge in [-0.3, -0.25) is 4.68 Å². The number of anilines is 1. The van der Waals surface area contributed by atoms with Crippen LogP contribution in [0.15, 0.2) is 66.7 Å². The summed E-state index contributed by atoms with van der Waals surface area (Å²) in [6.07, 6.45) is 4.09. The third kappa shape index (κ3) is 6.52. The summed E-state index contributed by atoms with van der Waals surface area (Å²) in [6, 6.07) is 24.6. The Morgan fingerprint density at radius 3 is 2.00 bits per heavy atom. The fourth-order valence-electron chi connectivity index (χ4n) is 8.67. The van der Waals surface area contributed by atoms with E-state index in [0.717, 1.165) is 57.7 Å². The number of carbonyl (C=O) groups is 1. The van der Waals surface area contributed by atoms with Gasteiger partial charge in [0.25, 0.3) is 8.32 Å². The number of carbonyl (C=O) groups excluding carboxylic acids is 1. The summed E-state index contributed by atoms with van der Waals surface area (Å²) < 4.78 is 15.2. The Morgan fingerprint density at radius 1 is 0.915 bits per heavy atom. The molecule has 1 aliphatic carbocycles. The van der Waals surface area contributed by atoms with Crippen molar-refractivity contribution < 1.29 is 14.0 Å². The van der Waals surface area contributed by atoms with E-state index < -0.39 is 13.9 Å². The normalized spacial score (nSPS) is 21.3. The Hall–Kier alpha value is -3.10. The summed E-state index contributed by atoms with van der Waals surface area (Å²) in [6.45, 7) is 23.1. The van der Waals surface area contributed by atoms with E-state index in [2.05, 4.69) is 118 Å². The smallest absolute Gasteiger partial charge is 0.410 e. The lowest BCUT2D eigenvalue weighted by Gasteiger charge is -2.58. The second-order valence-corrected chi connectivity index (χ2v) is 21.6. The summed E-state index contributed by atoms with van der Waals surface area (Å²) in [4.78, 5) is 16.9. The fourth-order valence-corrected chi connectivity index (χ4v) is 13.3. The number of piperidine rings is 1. The lowest BCUT2D eigenvalue weighted by molar-refractivity contribution is -0.0930. The summed E-state index contributed by atoms with van der Waals surface area (Å²) in [5.74, 6) is 1.56. The van der Waals surface area contributed by atoms with Crippen molar-refractivity contribution >= 4 is 30.6 Å². The molecule has 8 heteroatoms. The molecule has 254 valence electrons. The van der Waals surface area contributed by atoms with Crippen LogP contribution in [0.3, 0.4) is 0 Å². The van der Waals surface area contributed by atoms with Crippen molar-refractivity contribution in [3.8, 4) is 0 Å². The van der Waals surface area contributed by atoms with E-state index in [1.54, 1.807) is 0 Å². The molecule has 1 unspecified atom stereocenters. The molecule has 0 radical (unpaired) electrons. The Morgan fingerprint density at radius 2 is 1.49 bits per heavy atom. The Labute approximate surface area is 283 Å². The maximum atomic E-state index is 12.5. The standard InChI is InChI=1S/C39H56N4O3Si/c1-29-22-34(40-43(29)31-24-39(25-31)27-41(28-39)35(44)46-36(2,3)4)42-21-20-30(23-38(42,8)9)26-45-47(37(5,6)7,32-16-12-10-13-17-32)33-18-14-11-15-19-33/h10-19,22,30-31H,20-21,23-28H2,1-9H3. The molecule has 3 fully saturated rings. The maximum absolute atomic E-state index is 12.5. The van der Waals surface area contributed by atoms with Gasteiger partial charge in [-0.2, -0.15) is 5.10 Å². The van der Waals surface area contributed by atoms with Crippen LogP contribution in [0.5, 0.6) is 0 Å². The second-order valence-electron chi connectivity index (χ2n) is 17.3. The van der Waals surface area contributed by atoms with E-state index in [1.165, 1.54) is 16.1 Å². The molecule has 1 aromatic heterocycles. The number of likely N-dealkylation sites (tertiary alicyclic amines) is 1. The number of hydrogen-bond donors (Lipinski definition) is 0. The largest absolute Gasteiger partial charge is 0.444 e. The van der Waals surface area contributed by atoms with Crippen molar-refractivity contribution in [2.45, 2.75) is 110 Å². The van der Waals surface area contributed by atoms with Crippen molar-refractivity contribution in [2.24, 2.45) is 11.3 Å². The zero-order chi connectivity index (χ0) is 33.8. The molecule has 2 saturated heterocycles. The minimum absolute atomic E-state index is 0.0239. The van der Waals surface area contributed by atoms with Gasteiger partial charge in [-0.15, -0.1) is 0 Å². The first kappa shape index (κ1) is 33.8. The highest BCUT2D eigenvalue weighted by atomic mass is 28.4. The number of benzene rings is 2. The number of aryl methyl sites for hydroxylation is 1. The summed E-state index contributed by atoms with van der Waals surface area (Å²) in [5.41, 5.74) is 0.953. The summed E-state index contributed by atoms with van der Waals surface area (Å²) in [5, 5.41) is 7.87. The van der Waals surface area contributed by atoms with Gasteiger partial charge in [-0.25, -0.2) is 4.79 Å². The molecule has 3 aromatic rings. The number of amides is 1. The van der Waals surface area contributed by atoms with Crippen LogP contribution < -0.4 is 15.3 Å². The second kappa shape index (κ2) is 12.1. The van der Waals surface area contributed by atoms with Gasteiger partial charge in [0.1, 0.15) is 5.60 Å². The average Bonchev–Trinajstić information content (AvgIpc) is 3.31. The third-order valence-corrected chi connectivity index (χ3v) is 15.8. The minimum atomic E-state index is -2.56. The van der Waals surface area contributed by atoms with Crippen molar-refractivity contribution in [3.63, 3.8) is 0 Å². The van der Waals surface area contributed by atoms with Crippen LogP contribution in [0.2, 0.25) is 5.04 Å². The predicted octanol–water partition coefficient (Wildman–Crippen LogP) is 7.34. The van der Waals surface area contributed by atoms with Crippen LogP contribution in [0.4, 0.5) is 10.6 Å². The van der Waals surface area contributed by atoms with Crippen LogP contribution in [0, 0.1) is 18.3 Å². The molecule has 6 rings (SSSR count). The maximum Gasteiger partial charge on any atom is 0.410 e. The molecular formula is C39H56N4O3Si. The summed E-state index contributed by atoms with van der Waals surface area (Å²) in [7, 11) is -2.56. The Bertz CT molecular complexity index is 1500. The molecule has 2 aromatic carbocycles. The van der Waals surface area contributed by atoms with Crippen LogP contribution in [-0.4, -0.2) is 66.5 Å². The van der Waals surface area contributed by atoms with Gasteiger partial charge in [0.05, 0.1) is 6.04 Å². The molecule has 0 bridgehead atoms. The molecule has 3 heterocycles. The van der Waals surface area contributed by atoms with E-state index in [1.807, 2.05) is 25.7 Å². The SMILES string of the molecule is Cc1cc(N2CCC(CO[Si](c3ccccc3)(c3ccccc3)C(C)(C)C)CC2(C)C)nn1C1CC2(C1)CN(C(=O)OC(C)(C)C)C2. The van der Waals surface area contributed by atoms with E-state index in [0.29, 0.717) is 12.0 Å². The molecule has 1 amide bonds. The molecular weight excluding hydrogens is 601 g/mol. The predicted molar refractivity (Wildman–Crippen MR) is 193 cm³/mol. The number of hydrogen-bond acceptors (Lipinski definition) is 5. The molecule has 7 nitrogen and oxygen atoms in total. The molecule has 1 saturated carbocycles. The molecule has 3 aliphatic rings. The van der Waals surface area contributed by atoms with Crippen LogP contribution in [-0.2, 0) is 9.16 Å². The first-order valence-electron chi connectivity index (χ1n) is 17.6. The molecule has 1 spiro atoms. The van der Waals surface area contributed by atoms with Crippen LogP contribution >= 0.6 is 0 Å². The number of aromatic nitrogens is 2. The fraction of sp³-hybridized carbons (Fsp3) is 0.590. The highest BCUT2D eigenvalue weighted by Crippen LogP contribution is 2.54. The average molecular weight is 657 g/mol.